The summed E-state index contributed by atoms with van der Waals surface area (Å²) in [7, 11) is -3.55. The molecule has 0 radical (unpaired) electrons. The molecule has 1 heterocycles. The van der Waals surface area contributed by atoms with Crippen molar-refractivity contribution in [2.24, 2.45) is 5.10 Å². The normalized spacial score (nSPS) is 16.3. The van der Waals surface area contributed by atoms with Crippen molar-refractivity contribution in [2.45, 2.75) is 11.8 Å². The molecule has 1 N–H and O–H groups in total. The van der Waals surface area contributed by atoms with Crippen LogP contribution < -0.4 is 5.43 Å². The Morgan fingerprint density at radius 1 is 1.10 bits per heavy atom. The fraction of sp³-hybridized carbons (Fsp3) is 0.300. The number of hydrogen-bond acceptors (Lipinski definition) is 5. The first kappa shape index (κ1) is 24.2. The predicted octanol–water partition coefficient (Wildman–Crippen LogP) is 3.60. The van der Waals surface area contributed by atoms with Gasteiger partial charge in [-0.1, -0.05) is 45.2 Å². The van der Waals surface area contributed by atoms with E-state index in [0.29, 0.717) is 47.5 Å². The number of benzene rings is 2. The summed E-state index contributed by atoms with van der Waals surface area (Å²) >= 11 is 15.4. The van der Waals surface area contributed by atoms with Crippen molar-refractivity contribution >= 4 is 60.8 Å². The number of hydrogen-bond donors (Lipinski definition) is 1. The monoisotopic (exact) mass is 546 g/mol. The molecule has 0 aliphatic carbocycles. The van der Waals surface area contributed by atoms with Gasteiger partial charge in [0.05, 0.1) is 22.2 Å². The summed E-state index contributed by atoms with van der Waals surface area (Å²) in [5, 5.41) is 5.07. The van der Waals surface area contributed by atoms with Gasteiger partial charge >= 0.3 is 0 Å². The minimum atomic E-state index is -3.55. The summed E-state index contributed by atoms with van der Waals surface area (Å²) in [4.78, 5) is 14.4. The Labute approximate surface area is 200 Å². The number of halogens is 3. The van der Waals surface area contributed by atoms with Gasteiger partial charge in [-0.25, -0.2) is 13.8 Å². The molecule has 2 aromatic carbocycles. The van der Waals surface area contributed by atoms with Gasteiger partial charge in [-0.3, -0.25) is 9.69 Å². The summed E-state index contributed by atoms with van der Waals surface area (Å²) in [5.74, 6) is -0.284. The lowest BCUT2D eigenvalue weighted by molar-refractivity contribution is -0.122. The van der Waals surface area contributed by atoms with Gasteiger partial charge in [0.2, 0.25) is 10.0 Å². The van der Waals surface area contributed by atoms with E-state index in [1.165, 1.54) is 4.31 Å². The lowest BCUT2D eigenvalue weighted by atomic mass is 10.1. The van der Waals surface area contributed by atoms with Gasteiger partial charge < -0.3 is 0 Å². The van der Waals surface area contributed by atoms with Crippen LogP contribution in [0, 0.1) is 0 Å². The SMILES string of the molecule is CC(=NNC(=O)CN1CCN(S(=O)(=O)c2ccc(Br)cc2)CC1)c1ccc(Cl)cc1Cl. The van der Waals surface area contributed by atoms with E-state index in [1.54, 1.807) is 49.4 Å². The molecule has 1 fully saturated rings. The van der Waals surface area contributed by atoms with Crippen LogP contribution in [0.15, 0.2) is 56.9 Å². The van der Waals surface area contributed by atoms with Gasteiger partial charge in [0.25, 0.3) is 5.91 Å². The first-order chi connectivity index (χ1) is 14.7. The van der Waals surface area contributed by atoms with Gasteiger partial charge in [-0.05, 0) is 43.3 Å². The second-order valence-corrected chi connectivity index (χ2v) is 10.7. The minimum Gasteiger partial charge on any atom is -0.292 e. The van der Waals surface area contributed by atoms with Crippen LogP contribution in [0.3, 0.4) is 0 Å². The summed E-state index contributed by atoms with van der Waals surface area (Å²) in [6.07, 6.45) is 0. The minimum absolute atomic E-state index is 0.122. The number of nitrogens with one attached hydrogen (secondary N) is 1. The third-order valence-electron chi connectivity index (χ3n) is 4.82. The van der Waals surface area contributed by atoms with E-state index >= 15 is 0 Å². The molecule has 1 amide bonds. The number of rotatable bonds is 6. The molecule has 0 bridgehead atoms. The van der Waals surface area contributed by atoms with Crippen LogP contribution in [0.2, 0.25) is 10.0 Å². The molecule has 3 rings (SSSR count). The third-order valence-corrected chi connectivity index (χ3v) is 7.81. The number of piperazine rings is 1. The molecule has 0 spiro atoms. The van der Waals surface area contributed by atoms with Gasteiger partial charge in [-0.2, -0.15) is 9.41 Å². The fourth-order valence-electron chi connectivity index (χ4n) is 3.11. The molecule has 11 heteroatoms. The van der Waals surface area contributed by atoms with E-state index in [0.717, 1.165) is 4.47 Å². The topological polar surface area (TPSA) is 82.1 Å². The quantitative estimate of drug-likeness (QED) is 0.442. The van der Waals surface area contributed by atoms with Crippen molar-refractivity contribution in [3.05, 3.63) is 62.5 Å². The summed E-state index contributed by atoms with van der Waals surface area (Å²) in [6, 6.07) is 11.6. The lowest BCUT2D eigenvalue weighted by Gasteiger charge is -2.33. The summed E-state index contributed by atoms with van der Waals surface area (Å²) in [6.45, 7) is 3.39. The first-order valence-corrected chi connectivity index (χ1v) is 12.4. The smallest absolute Gasteiger partial charge is 0.254 e. The van der Waals surface area contributed by atoms with Crippen LogP contribution in [0.1, 0.15) is 12.5 Å². The van der Waals surface area contributed by atoms with Crippen LogP contribution in [0.25, 0.3) is 0 Å². The highest BCUT2D eigenvalue weighted by Crippen LogP contribution is 2.22. The zero-order valence-corrected chi connectivity index (χ0v) is 20.6. The Hall–Kier alpha value is -1.49. The maximum atomic E-state index is 12.8. The summed E-state index contributed by atoms with van der Waals surface area (Å²) < 4.78 is 27.8. The number of carbonyl (C=O) groups is 1. The van der Waals surface area contributed by atoms with E-state index in [-0.39, 0.29) is 17.3 Å². The maximum absolute atomic E-state index is 12.8. The van der Waals surface area contributed by atoms with Crippen molar-refractivity contribution in [2.75, 3.05) is 32.7 Å². The standard InChI is InChI=1S/C20H21BrCl2N4O3S/c1-14(18-7-4-16(22)12-19(18)23)24-25-20(28)13-26-8-10-27(11-9-26)31(29,30)17-5-2-15(21)3-6-17/h2-7,12H,8-11,13H2,1H3,(H,25,28). The Bertz CT molecular complexity index is 1090. The first-order valence-electron chi connectivity index (χ1n) is 9.43. The number of hydrazone groups is 1. The Morgan fingerprint density at radius 3 is 2.35 bits per heavy atom. The molecular formula is C20H21BrCl2N4O3S. The fourth-order valence-corrected chi connectivity index (χ4v) is 5.34. The van der Waals surface area contributed by atoms with Crippen LogP contribution >= 0.6 is 39.1 Å². The number of sulfonamides is 1. The van der Waals surface area contributed by atoms with Gasteiger partial charge in [0.1, 0.15) is 0 Å². The van der Waals surface area contributed by atoms with E-state index in [1.807, 2.05) is 4.90 Å². The molecule has 2 aromatic rings. The second kappa shape index (κ2) is 10.4. The predicted molar refractivity (Wildman–Crippen MR) is 126 cm³/mol. The lowest BCUT2D eigenvalue weighted by Crippen LogP contribution is -2.50. The van der Waals surface area contributed by atoms with Crippen LogP contribution in [0.4, 0.5) is 0 Å². The zero-order chi connectivity index (χ0) is 22.6. The van der Waals surface area contributed by atoms with E-state index in [2.05, 4.69) is 26.5 Å². The Kier molecular flexibility index (Phi) is 8.12. The van der Waals surface area contributed by atoms with E-state index < -0.39 is 10.0 Å². The highest BCUT2D eigenvalue weighted by molar-refractivity contribution is 9.10. The number of nitrogens with zero attached hydrogens (tertiary/aromatic N) is 3. The van der Waals surface area contributed by atoms with Crippen molar-refractivity contribution in [1.82, 2.24) is 14.6 Å². The highest BCUT2D eigenvalue weighted by atomic mass is 79.9. The maximum Gasteiger partial charge on any atom is 0.254 e. The summed E-state index contributed by atoms with van der Waals surface area (Å²) in [5.41, 5.74) is 3.76. The second-order valence-electron chi connectivity index (χ2n) is 6.99. The van der Waals surface area contributed by atoms with E-state index in [4.69, 9.17) is 23.2 Å². The van der Waals surface area contributed by atoms with Crippen molar-refractivity contribution in [3.63, 3.8) is 0 Å². The molecule has 1 saturated heterocycles. The average molecular weight is 548 g/mol. The van der Waals surface area contributed by atoms with Crippen molar-refractivity contribution in [3.8, 4) is 0 Å². The van der Waals surface area contributed by atoms with Crippen LogP contribution in [-0.4, -0.2) is 62.0 Å². The third kappa shape index (κ3) is 6.27. The van der Waals surface area contributed by atoms with Crippen LogP contribution in [-0.2, 0) is 14.8 Å². The number of amides is 1. The molecule has 1 aliphatic rings. The molecule has 0 atom stereocenters. The molecular weight excluding hydrogens is 527 g/mol. The van der Waals surface area contributed by atoms with E-state index in [9.17, 15) is 13.2 Å². The average Bonchev–Trinajstić information content (AvgIpc) is 2.73. The molecule has 31 heavy (non-hydrogen) atoms. The molecule has 166 valence electrons. The Balaban J connectivity index is 1.52. The van der Waals surface area contributed by atoms with Gasteiger partial charge in [0.15, 0.2) is 0 Å². The Morgan fingerprint density at radius 2 is 1.74 bits per heavy atom. The van der Waals surface area contributed by atoms with Crippen molar-refractivity contribution < 1.29 is 13.2 Å². The number of carbonyl (C=O) groups excluding carboxylic acids is 1. The highest BCUT2D eigenvalue weighted by Gasteiger charge is 2.29. The zero-order valence-electron chi connectivity index (χ0n) is 16.7. The molecule has 0 aromatic heterocycles. The van der Waals surface area contributed by atoms with Crippen LogP contribution in [0.5, 0.6) is 0 Å². The molecule has 1 aliphatic heterocycles. The van der Waals surface area contributed by atoms with Crippen molar-refractivity contribution in [1.29, 1.82) is 0 Å². The van der Waals surface area contributed by atoms with Gasteiger partial charge in [-0.15, -0.1) is 0 Å². The van der Waals surface area contributed by atoms with Gasteiger partial charge in [0, 0.05) is 41.2 Å². The largest absolute Gasteiger partial charge is 0.292 e. The molecule has 7 nitrogen and oxygen atoms in total. The molecule has 0 unspecified atom stereocenters. The molecule has 0 saturated carbocycles.